The number of benzene rings is 1. The highest BCUT2D eigenvalue weighted by Gasteiger charge is 2.42. The molecule has 0 spiro atoms. The maximum absolute atomic E-state index is 12.5. The van der Waals surface area contributed by atoms with E-state index in [0.29, 0.717) is 12.0 Å². The van der Waals surface area contributed by atoms with E-state index in [1.807, 2.05) is 6.07 Å². The molecule has 0 N–H and O–H groups in total. The fraction of sp³-hybridized carbons (Fsp3) is 0.529. The van der Waals surface area contributed by atoms with Crippen molar-refractivity contribution in [1.82, 2.24) is 4.90 Å². The Kier molecular flexibility index (Phi) is 4.62. The van der Waals surface area contributed by atoms with Crippen molar-refractivity contribution in [1.29, 1.82) is 0 Å². The molecule has 1 aliphatic heterocycles. The van der Waals surface area contributed by atoms with Crippen LogP contribution in [-0.2, 0) is 19.4 Å². The number of ether oxygens (including phenoxy) is 1. The quantitative estimate of drug-likeness (QED) is 0.748. The predicted octanol–water partition coefficient (Wildman–Crippen LogP) is 1.33. The van der Waals surface area contributed by atoms with Crippen LogP contribution in [0.1, 0.15) is 35.2 Å². The second kappa shape index (κ2) is 6.55. The van der Waals surface area contributed by atoms with Crippen molar-refractivity contribution in [3.63, 3.8) is 0 Å². The molecule has 1 heterocycles. The first kappa shape index (κ1) is 17.0. The fourth-order valence-corrected chi connectivity index (χ4v) is 4.85. The molecule has 1 saturated heterocycles. The van der Waals surface area contributed by atoms with E-state index in [0.717, 1.165) is 18.4 Å². The SMILES string of the molecule is Cc1ccccc1C(=O)OCC(=O)N(C1CC1)[C@H]1CCS(=O)(=O)C1. The molecule has 3 rings (SSSR count). The molecule has 2 fully saturated rings. The number of esters is 1. The number of nitrogens with zero attached hydrogens (tertiary/aromatic N) is 1. The third-order valence-electron chi connectivity index (χ3n) is 4.52. The summed E-state index contributed by atoms with van der Waals surface area (Å²) in [4.78, 5) is 26.2. The van der Waals surface area contributed by atoms with Gasteiger partial charge < -0.3 is 9.64 Å². The topological polar surface area (TPSA) is 80.8 Å². The number of rotatable bonds is 5. The summed E-state index contributed by atoms with van der Waals surface area (Å²) in [5, 5.41) is 0. The Labute approximate surface area is 141 Å². The lowest BCUT2D eigenvalue weighted by atomic mass is 10.1. The molecule has 1 aliphatic carbocycles. The third-order valence-corrected chi connectivity index (χ3v) is 6.27. The lowest BCUT2D eigenvalue weighted by molar-refractivity contribution is -0.137. The van der Waals surface area contributed by atoms with Gasteiger partial charge in [-0.05, 0) is 37.8 Å². The van der Waals surface area contributed by atoms with Gasteiger partial charge in [-0.3, -0.25) is 4.79 Å². The number of aryl methyl sites for hydroxylation is 1. The highest BCUT2D eigenvalue weighted by Crippen LogP contribution is 2.32. The number of sulfone groups is 1. The molecule has 24 heavy (non-hydrogen) atoms. The maximum atomic E-state index is 12.5. The molecule has 0 bridgehead atoms. The number of amides is 1. The van der Waals surface area contributed by atoms with Gasteiger partial charge in [0.15, 0.2) is 16.4 Å². The molecule has 7 heteroatoms. The van der Waals surface area contributed by atoms with E-state index in [4.69, 9.17) is 4.74 Å². The minimum absolute atomic E-state index is 0.0149. The summed E-state index contributed by atoms with van der Waals surface area (Å²) >= 11 is 0. The van der Waals surface area contributed by atoms with E-state index in [-0.39, 0.29) is 36.1 Å². The van der Waals surface area contributed by atoms with E-state index in [2.05, 4.69) is 0 Å². The molecule has 0 aromatic heterocycles. The van der Waals surface area contributed by atoms with Gasteiger partial charge in [0.2, 0.25) is 0 Å². The van der Waals surface area contributed by atoms with Crippen LogP contribution in [0.3, 0.4) is 0 Å². The van der Waals surface area contributed by atoms with Crippen molar-refractivity contribution in [2.45, 2.75) is 38.3 Å². The van der Waals surface area contributed by atoms with Gasteiger partial charge in [-0.1, -0.05) is 18.2 Å². The van der Waals surface area contributed by atoms with Crippen LogP contribution in [-0.4, -0.2) is 55.4 Å². The Morgan fingerprint density at radius 2 is 1.88 bits per heavy atom. The zero-order valence-electron chi connectivity index (χ0n) is 13.6. The standard InChI is InChI=1S/C17H21NO5S/c1-12-4-2-3-5-15(12)17(20)23-10-16(19)18(13-6-7-13)14-8-9-24(21,22)11-14/h2-5,13-14H,6-11H2,1H3/t14-/m0/s1. The van der Waals surface area contributed by atoms with Crippen molar-refractivity contribution in [2.75, 3.05) is 18.1 Å². The van der Waals surface area contributed by atoms with Crippen LogP contribution in [0, 0.1) is 6.92 Å². The lowest BCUT2D eigenvalue weighted by Crippen LogP contribution is -2.44. The molecule has 1 aromatic rings. The van der Waals surface area contributed by atoms with Gasteiger partial charge in [-0.2, -0.15) is 0 Å². The van der Waals surface area contributed by atoms with E-state index in [1.165, 1.54) is 0 Å². The Hall–Kier alpha value is -1.89. The zero-order valence-corrected chi connectivity index (χ0v) is 14.4. The second-order valence-corrected chi connectivity index (χ2v) is 8.71. The van der Waals surface area contributed by atoms with E-state index < -0.39 is 15.8 Å². The maximum Gasteiger partial charge on any atom is 0.338 e. The summed E-state index contributed by atoms with van der Waals surface area (Å²) in [5.41, 5.74) is 1.22. The van der Waals surface area contributed by atoms with Crippen LogP contribution >= 0.6 is 0 Å². The fourth-order valence-electron chi connectivity index (χ4n) is 3.13. The van der Waals surface area contributed by atoms with Crippen molar-refractivity contribution in [3.05, 3.63) is 35.4 Å². The summed E-state index contributed by atoms with van der Waals surface area (Å²) in [6.07, 6.45) is 2.23. The Morgan fingerprint density at radius 3 is 2.46 bits per heavy atom. The average Bonchev–Trinajstić information content (AvgIpc) is 3.29. The van der Waals surface area contributed by atoms with Crippen molar-refractivity contribution >= 4 is 21.7 Å². The molecular formula is C17H21NO5S. The number of carbonyl (C=O) groups is 2. The van der Waals surface area contributed by atoms with E-state index >= 15 is 0 Å². The molecule has 0 radical (unpaired) electrons. The van der Waals surface area contributed by atoms with Crippen LogP contribution < -0.4 is 0 Å². The molecule has 1 amide bonds. The summed E-state index contributed by atoms with van der Waals surface area (Å²) in [6.45, 7) is 1.46. The molecule has 0 unspecified atom stereocenters. The predicted molar refractivity (Wildman–Crippen MR) is 88.4 cm³/mol. The van der Waals surface area contributed by atoms with Gasteiger partial charge in [-0.15, -0.1) is 0 Å². The minimum atomic E-state index is -3.06. The Balaban J connectivity index is 1.63. The van der Waals surface area contributed by atoms with E-state index in [9.17, 15) is 18.0 Å². The first-order valence-electron chi connectivity index (χ1n) is 8.12. The van der Waals surface area contributed by atoms with Gasteiger partial charge >= 0.3 is 5.97 Å². The zero-order chi connectivity index (χ0) is 17.3. The average molecular weight is 351 g/mol. The van der Waals surface area contributed by atoms with Gasteiger partial charge in [0.05, 0.1) is 17.1 Å². The molecule has 1 atom stereocenters. The monoisotopic (exact) mass is 351 g/mol. The molecule has 2 aliphatic rings. The Morgan fingerprint density at radius 1 is 1.17 bits per heavy atom. The molecule has 1 saturated carbocycles. The van der Waals surface area contributed by atoms with Gasteiger partial charge in [-0.25, -0.2) is 13.2 Å². The van der Waals surface area contributed by atoms with E-state index in [1.54, 1.807) is 30.0 Å². The highest BCUT2D eigenvalue weighted by atomic mass is 32.2. The van der Waals surface area contributed by atoms with Crippen LogP contribution in [0.15, 0.2) is 24.3 Å². The minimum Gasteiger partial charge on any atom is -0.452 e. The Bertz CT molecular complexity index is 754. The van der Waals surface area contributed by atoms with Crippen LogP contribution in [0.25, 0.3) is 0 Å². The number of carbonyl (C=O) groups excluding carboxylic acids is 2. The van der Waals surface area contributed by atoms with Gasteiger partial charge in [0.1, 0.15) is 0 Å². The summed E-state index contributed by atoms with van der Waals surface area (Å²) < 4.78 is 28.5. The normalized spacial score (nSPS) is 22.1. The lowest BCUT2D eigenvalue weighted by Gasteiger charge is -2.28. The van der Waals surface area contributed by atoms with Crippen molar-refractivity contribution in [2.24, 2.45) is 0 Å². The number of hydrogen-bond acceptors (Lipinski definition) is 5. The summed E-state index contributed by atoms with van der Waals surface area (Å²) in [7, 11) is -3.06. The smallest absolute Gasteiger partial charge is 0.338 e. The van der Waals surface area contributed by atoms with Crippen molar-refractivity contribution in [3.8, 4) is 0 Å². The molecule has 1 aromatic carbocycles. The summed E-state index contributed by atoms with van der Waals surface area (Å²) in [5.74, 6) is -0.698. The molecule has 130 valence electrons. The van der Waals surface area contributed by atoms with Crippen LogP contribution in [0.5, 0.6) is 0 Å². The second-order valence-electron chi connectivity index (χ2n) is 6.48. The van der Waals surface area contributed by atoms with Gasteiger partial charge in [0, 0.05) is 12.1 Å². The molecule has 6 nitrogen and oxygen atoms in total. The van der Waals surface area contributed by atoms with Crippen LogP contribution in [0.4, 0.5) is 0 Å². The first-order chi connectivity index (χ1) is 11.4. The van der Waals surface area contributed by atoms with Crippen LogP contribution in [0.2, 0.25) is 0 Å². The highest BCUT2D eigenvalue weighted by molar-refractivity contribution is 7.91. The first-order valence-corrected chi connectivity index (χ1v) is 9.94. The largest absolute Gasteiger partial charge is 0.452 e. The van der Waals surface area contributed by atoms with Crippen molar-refractivity contribution < 1.29 is 22.7 Å². The molecular weight excluding hydrogens is 330 g/mol. The third kappa shape index (κ3) is 3.77. The summed E-state index contributed by atoms with van der Waals surface area (Å²) in [6, 6.07) is 6.83. The number of hydrogen-bond donors (Lipinski definition) is 0. The van der Waals surface area contributed by atoms with Gasteiger partial charge in [0.25, 0.3) is 5.91 Å².